The van der Waals surface area contributed by atoms with Crippen molar-refractivity contribution in [2.45, 2.75) is 33.1 Å². The van der Waals surface area contributed by atoms with Gasteiger partial charge in [-0.05, 0) is 37.5 Å². The van der Waals surface area contributed by atoms with Crippen LogP contribution in [0.5, 0.6) is 5.75 Å². The summed E-state index contributed by atoms with van der Waals surface area (Å²) in [6.45, 7) is 9.17. The zero-order chi connectivity index (χ0) is 16.4. The summed E-state index contributed by atoms with van der Waals surface area (Å²) in [5.74, 6) is 0.315. The van der Waals surface area contributed by atoms with Gasteiger partial charge in [-0.2, -0.15) is 0 Å². The predicted molar refractivity (Wildman–Crippen MR) is 89.9 cm³/mol. The topological polar surface area (TPSA) is 43.4 Å². The molecule has 1 aliphatic rings. The zero-order valence-corrected chi connectivity index (χ0v) is 14.6. The average Bonchev–Trinajstić information content (AvgIpc) is 2.41. The van der Waals surface area contributed by atoms with Crippen molar-refractivity contribution >= 4 is 27.7 Å². The summed E-state index contributed by atoms with van der Waals surface area (Å²) < 4.78 is 6.20. The van der Waals surface area contributed by atoms with Gasteiger partial charge in [-0.15, -0.1) is 0 Å². The Morgan fingerprint density at radius 1 is 1.36 bits per heavy atom. The van der Waals surface area contributed by atoms with Crippen LogP contribution in [0.15, 0.2) is 46.5 Å². The van der Waals surface area contributed by atoms with Crippen LogP contribution in [0.3, 0.4) is 0 Å². The minimum absolute atomic E-state index is 0.0161. The standard InChI is InChI=1S/C18H19BrO3/c1-10(2)15-9-17(21)11(3)7-16(15)14-6-5-13(19)8-18(14)22-12(4)20/h5-8,15-16H,1,9H2,2-4H3. The molecule has 0 N–H and O–H groups in total. The first kappa shape index (κ1) is 16.7. The lowest BCUT2D eigenvalue weighted by molar-refractivity contribution is -0.132. The fourth-order valence-electron chi connectivity index (χ4n) is 2.78. The normalized spacial score (nSPS) is 21.3. The Morgan fingerprint density at radius 3 is 2.64 bits per heavy atom. The molecule has 0 aliphatic heterocycles. The van der Waals surface area contributed by atoms with E-state index in [2.05, 4.69) is 22.5 Å². The van der Waals surface area contributed by atoms with E-state index in [0.717, 1.165) is 21.2 Å². The number of carbonyl (C=O) groups excluding carboxylic acids is 2. The van der Waals surface area contributed by atoms with Crippen molar-refractivity contribution in [3.8, 4) is 5.75 Å². The van der Waals surface area contributed by atoms with Crippen molar-refractivity contribution in [1.82, 2.24) is 0 Å². The Bertz CT molecular complexity index is 673. The molecular formula is C18H19BrO3. The number of hydrogen-bond donors (Lipinski definition) is 0. The molecule has 0 amide bonds. The molecule has 0 radical (unpaired) electrons. The van der Waals surface area contributed by atoms with Crippen LogP contribution in [0, 0.1) is 5.92 Å². The molecule has 0 bridgehead atoms. The Kier molecular flexibility index (Phi) is 5.01. The molecule has 0 saturated heterocycles. The van der Waals surface area contributed by atoms with E-state index in [-0.39, 0.29) is 23.6 Å². The number of esters is 1. The van der Waals surface area contributed by atoms with E-state index >= 15 is 0 Å². The quantitative estimate of drug-likeness (QED) is 0.449. The van der Waals surface area contributed by atoms with E-state index in [9.17, 15) is 9.59 Å². The summed E-state index contributed by atoms with van der Waals surface area (Å²) in [5, 5.41) is 0. The number of Topliss-reactive ketones (excluding diaryl/α,β-unsaturated/α-hetero) is 1. The SMILES string of the molecule is C=C(C)C1CC(=O)C(C)=CC1c1ccc(Br)cc1OC(C)=O. The zero-order valence-electron chi connectivity index (χ0n) is 13.0. The Balaban J connectivity index is 2.54. The van der Waals surface area contributed by atoms with Crippen molar-refractivity contribution in [3.63, 3.8) is 0 Å². The molecule has 0 spiro atoms. The van der Waals surface area contributed by atoms with Crippen LogP contribution in [-0.2, 0) is 9.59 Å². The lowest BCUT2D eigenvalue weighted by Crippen LogP contribution is -2.23. The Hall–Kier alpha value is -1.68. The summed E-state index contributed by atoms with van der Waals surface area (Å²) >= 11 is 3.40. The molecule has 3 nitrogen and oxygen atoms in total. The maximum atomic E-state index is 12.0. The second-order valence-corrected chi connectivity index (χ2v) is 6.65. The summed E-state index contributed by atoms with van der Waals surface area (Å²) in [6, 6.07) is 5.63. The summed E-state index contributed by atoms with van der Waals surface area (Å²) in [7, 11) is 0. The maximum Gasteiger partial charge on any atom is 0.308 e. The van der Waals surface area contributed by atoms with E-state index in [1.807, 2.05) is 32.1 Å². The second-order valence-electron chi connectivity index (χ2n) is 5.73. The van der Waals surface area contributed by atoms with Gasteiger partial charge >= 0.3 is 5.97 Å². The van der Waals surface area contributed by atoms with Crippen LogP contribution in [-0.4, -0.2) is 11.8 Å². The van der Waals surface area contributed by atoms with E-state index in [4.69, 9.17) is 4.74 Å². The van der Waals surface area contributed by atoms with Gasteiger partial charge in [0.15, 0.2) is 5.78 Å². The van der Waals surface area contributed by atoms with Gasteiger partial charge in [0.25, 0.3) is 0 Å². The van der Waals surface area contributed by atoms with E-state index in [1.54, 1.807) is 6.07 Å². The van der Waals surface area contributed by atoms with Crippen molar-refractivity contribution in [1.29, 1.82) is 0 Å². The van der Waals surface area contributed by atoms with Crippen LogP contribution in [0.4, 0.5) is 0 Å². The number of rotatable bonds is 3. The van der Waals surface area contributed by atoms with Gasteiger partial charge in [0, 0.05) is 29.3 Å². The summed E-state index contributed by atoms with van der Waals surface area (Å²) in [6.07, 6.45) is 2.40. The molecule has 22 heavy (non-hydrogen) atoms. The molecule has 2 atom stereocenters. The van der Waals surface area contributed by atoms with Gasteiger partial charge in [-0.3, -0.25) is 9.59 Å². The minimum atomic E-state index is -0.362. The summed E-state index contributed by atoms with van der Waals surface area (Å²) in [5.41, 5.74) is 2.61. The van der Waals surface area contributed by atoms with Crippen molar-refractivity contribution in [2.24, 2.45) is 5.92 Å². The van der Waals surface area contributed by atoms with Crippen LogP contribution < -0.4 is 4.74 Å². The smallest absolute Gasteiger partial charge is 0.308 e. The molecule has 1 aromatic rings. The monoisotopic (exact) mass is 362 g/mol. The predicted octanol–water partition coefficient (Wildman–Crippen LogP) is 4.57. The third kappa shape index (κ3) is 3.55. The molecule has 4 heteroatoms. The Labute approximate surface area is 139 Å². The molecule has 0 aromatic heterocycles. The highest BCUT2D eigenvalue weighted by molar-refractivity contribution is 9.10. The number of ketones is 1. The molecule has 1 aliphatic carbocycles. The van der Waals surface area contributed by atoms with E-state index < -0.39 is 0 Å². The lowest BCUT2D eigenvalue weighted by atomic mass is 9.73. The number of benzene rings is 1. The molecular weight excluding hydrogens is 344 g/mol. The second kappa shape index (κ2) is 6.61. The molecule has 116 valence electrons. The number of halogens is 1. The van der Waals surface area contributed by atoms with Crippen molar-refractivity contribution in [3.05, 3.63) is 52.0 Å². The highest BCUT2D eigenvalue weighted by Crippen LogP contribution is 2.42. The first-order valence-corrected chi connectivity index (χ1v) is 7.93. The molecule has 2 rings (SSSR count). The molecule has 0 saturated carbocycles. The van der Waals surface area contributed by atoms with Gasteiger partial charge in [-0.25, -0.2) is 0 Å². The van der Waals surface area contributed by atoms with Crippen LogP contribution in [0.2, 0.25) is 0 Å². The fraction of sp³-hybridized carbons (Fsp3) is 0.333. The highest BCUT2D eigenvalue weighted by Gasteiger charge is 2.31. The number of carbonyl (C=O) groups is 2. The van der Waals surface area contributed by atoms with E-state index in [1.165, 1.54) is 6.92 Å². The molecule has 0 heterocycles. The molecule has 1 aromatic carbocycles. The number of allylic oxidation sites excluding steroid dienone is 3. The third-order valence-electron chi connectivity index (χ3n) is 3.93. The summed E-state index contributed by atoms with van der Waals surface area (Å²) in [4.78, 5) is 23.4. The van der Waals surface area contributed by atoms with Crippen LogP contribution in [0.25, 0.3) is 0 Å². The molecule has 0 fully saturated rings. The van der Waals surface area contributed by atoms with Crippen LogP contribution >= 0.6 is 15.9 Å². The van der Waals surface area contributed by atoms with Gasteiger partial charge in [0.2, 0.25) is 0 Å². The van der Waals surface area contributed by atoms with Crippen molar-refractivity contribution in [2.75, 3.05) is 0 Å². The fourth-order valence-corrected chi connectivity index (χ4v) is 3.12. The maximum absolute atomic E-state index is 12.0. The van der Waals surface area contributed by atoms with Gasteiger partial charge in [0.1, 0.15) is 5.75 Å². The van der Waals surface area contributed by atoms with Gasteiger partial charge < -0.3 is 4.74 Å². The first-order valence-electron chi connectivity index (χ1n) is 7.14. The Morgan fingerprint density at radius 2 is 2.05 bits per heavy atom. The van der Waals surface area contributed by atoms with Crippen molar-refractivity contribution < 1.29 is 14.3 Å². The van der Waals surface area contributed by atoms with Gasteiger partial charge in [-0.1, -0.05) is 40.2 Å². The van der Waals surface area contributed by atoms with Crippen LogP contribution in [0.1, 0.15) is 38.7 Å². The molecule has 2 unspecified atom stereocenters. The van der Waals surface area contributed by atoms with E-state index in [0.29, 0.717) is 12.2 Å². The lowest BCUT2D eigenvalue weighted by Gasteiger charge is -2.30. The first-order chi connectivity index (χ1) is 10.3. The number of hydrogen-bond acceptors (Lipinski definition) is 3. The largest absolute Gasteiger partial charge is 0.426 e. The highest BCUT2D eigenvalue weighted by atomic mass is 79.9. The average molecular weight is 363 g/mol. The number of ether oxygens (including phenoxy) is 1. The third-order valence-corrected chi connectivity index (χ3v) is 4.42. The minimum Gasteiger partial charge on any atom is -0.426 e. The van der Waals surface area contributed by atoms with Gasteiger partial charge in [0.05, 0.1) is 0 Å².